The second-order valence-corrected chi connectivity index (χ2v) is 5.22. The first-order valence-electron chi connectivity index (χ1n) is 7.59. The van der Waals surface area contributed by atoms with Crippen LogP contribution in [0.3, 0.4) is 0 Å². The average molecular weight is 294 g/mol. The molecule has 3 heteroatoms. The predicted molar refractivity (Wildman–Crippen MR) is 91.1 cm³/mol. The summed E-state index contributed by atoms with van der Waals surface area (Å²) in [7, 11) is 0. The zero-order chi connectivity index (χ0) is 15.8. The highest BCUT2D eigenvalue weighted by Gasteiger charge is 2.06. The number of unbranched alkanes of at least 4 members (excludes halogenated alkanes) is 1. The Morgan fingerprint density at radius 1 is 1.00 bits per heavy atom. The molecule has 0 bridgehead atoms. The summed E-state index contributed by atoms with van der Waals surface area (Å²) in [5.41, 5.74) is 9.52. The van der Waals surface area contributed by atoms with Gasteiger partial charge in [-0.15, -0.1) is 0 Å². The number of allylic oxidation sites excluding steroid dienone is 1. The molecule has 2 rings (SSSR count). The fourth-order valence-electron chi connectivity index (χ4n) is 2.13. The van der Waals surface area contributed by atoms with Gasteiger partial charge in [0.25, 0.3) is 5.91 Å². The molecule has 0 spiro atoms. The third-order valence-corrected chi connectivity index (χ3v) is 3.31. The first-order chi connectivity index (χ1) is 10.7. The quantitative estimate of drug-likeness (QED) is 0.788. The van der Waals surface area contributed by atoms with E-state index in [2.05, 4.69) is 23.9 Å². The molecule has 0 saturated heterocycles. The lowest BCUT2D eigenvalue weighted by Gasteiger charge is -2.13. The number of nitrogens with one attached hydrogen (secondary N) is 2. The molecule has 0 unspecified atom stereocenters. The van der Waals surface area contributed by atoms with E-state index in [1.54, 1.807) is 0 Å². The van der Waals surface area contributed by atoms with Crippen LogP contribution in [-0.4, -0.2) is 5.91 Å². The van der Waals surface area contributed by atoms with Gasteiger partial charge < -0.3 is 0 Å². The number of carbonyl (C=O) groups is 1. The molecule has 22 heavy (non-hydrogen) atoms. The molecule has 2 aromatic carbocycles. The van der Waals surface area contributed by atoms with Crippen LogP contribution in [0.4, 0.5) is 0 Å². The van der Waals surface area contributed by atoms with Crippen LogP contribution in [0.25, 0.3) is 5.70 Å². The molecular formula is C19H22N2O. The maximum absolute atomic E-state index is 12.2. The third kappa shape index (κ3) is 4.48. The second kappa shape index (κ2) is 8.03. The van der Waals surface area contributed by atoms with E-state index in [0.29, 0.717) is 5.56 Å². The summed E-state index contributed by atoms with van der Waals surface area (Å²) in [6.07, 6.45) is 4.12. The van der Waals surface area contributed by atoms with E-state index in [0.717, 1.165) is 29.7 Å². The number of rotatable bonds is 6. The Hall–Kier alpha value is -2.55. The standard InChI is InChI=1S/C19H22N2O/c1-3-4-13-18(16-10-6-5-7-11-16)20-21-19(22)17-12-8-9-15(2)14-17/h5-14,20H,3-4H2,1-2H3,(H,21,22)/b18-13-. The van der Waals surface area contributed by atoms with Gasteiger partial charge in [0.2, 0.25) is 0 Å². The number of benzene rings is 2. The van der Waals surface area contributed by atoms with Crippen molar-refractivity contribution in [2.75, 3.05) is 0 Å². The van der Waals surface area contributed by atoms with Crippen LogP contribution in [0.15, 0.2) is 60.7 Å². The SMILES string of the molecule is CCC/C=C(\NNC(=O)c1cccc(C)c1)c1ccccc1. The van der Waals surface area contributed by atoms with Crippen molar-refractivity contribution in [1.82, 2.24) is 10.9 Å². The first kappa shape index (κ1) is 15.8. The van der Waals surface area contributed by atoms with Gasteiger partial charge in [0.15, 0.2) is 0 Å². The fraction of sp³-hybridized carbons (Fsp3) is 0.211. The van der Waals surface area contributed by atoms with E-state index in [4.69, 9.17) is 0 Å². The molecule has 0 aliphatic heterocycles. The minimum atomic E-state index is -0.137. The summed E-state index contributed by atoms with van der Waals surface area (Å²) in [6, 6.07) is 17.5. The molecule has 0 aromatic heterocycles. The summed E-state index contributed by atoms with van der Waals surface area (Å²) >= 11 is 0. The second-order valence-electron chi connectivity index (χ2n) is 5.22. The number of hydrogen-bond acceptors (Lipinski definition) is 2. The predicted octanol–water partition coefficient (Wildman–Crippen LogP) is 4.07. The lowest BCUT2D eigenvalue weighted by molar-refractivity contribution is 0.0942. The highest BCUT2D eigenvalue weighted by atomic mass is 16.2. The first-order valence-corrected chi connectivity index (χ1v) is 7.59. The van der Waals surface area contributed by atoms with Crippen LogP contribution in [0.2, 0.25) is 0 Å². The number of carbonyl (C=O) groups excluding carboxylic acids is 1. The van der Waals surface area contributed by atoms with Crippen molar-refractivity contribution in [1.29, 1.82) is 0 Å². The van der Waals surface area contributed by atoms with Crippen LogP contribution < -0.4 is 10.9 Å². The van der Waals surface area contributed by atoms with E-state index in [9.17, 15) is 4.79 Å². The highest BCUT2D eigenvalue weighted by molar-refractivity contribution is 5.94. The van der Waals surface area contributed by atoms with Gasteiger partial charge in [-0.05, 0) is 31.0 Å². The maximum atomic E-state index is 12.2. The molecule has 2 N–H and O–H groups in total. The minimum absolute atomic E-state index is 0.137. The van der Waals surface area contributed by atoms with Crippen molar-refractivity contribution in [2.45, 2.75) is 26.7 Å². The Bertz CT molecular complexity index is 647. The van der Waals surface area contributed by atoms with Crippen LogP contribution in [0.5, 0.6) is 0 Å². The van der Waals surface area contributed by atoms with E-state index < -0.39 is 0 Å². The van der Waals surface area contributed by atoms with Crippen molar-refractivity contribution < 1.29 is 4.79 Å². The minimum Gasteiger partial charge on any atom is -0.298 e. The van der Waals surface area contributed by atoms with Crippen LogP contribution >= 0.6 is 0 Å². The van der Waals surface area contributed by atoms with Crippen molar-refractivity contribution in [3.63, 3.8) is 0 Å². The molecule has 1 amide bonds. The molecule has 0 fully saturated rings. The van der Waals surface area contributed by atoms with Crippen molar-refractivity contribution in [2.24, 2.45) is 0 Å². The van der Waals surface area contributed by atoms with Crippen molar-refractivity contribution in [3.05, 3.63) is 77.4 Å². The van der Waals surface area contributed by atoms with E-state index in [1.165, 1.54) is 0 Å². The molecule has 0 aliphatic carbocycles. The Labute approximate surface area is 132 Å². The zero-order valence-corrected chi connectivity index (χ0v) is 13.1. The number of amides is 1. The lowest BCUT2D eigenvalue weighted by Crippen LogP contribution is -2.36. The Kier molecular flexibility index (Phi) is 5.78. The average Bonchev–Trinajstić information content (AvgIpc) is 2.55. The fourth-order valence-corrected chi connectivity index (χ4v) is 2.13. The van der Waals surface area contributed by atoms with Gasteiger partial charge in [-0.2, -0.15) is 0 Å². The topological polar surface area (TPSA) is 41.1 Å². The summed E-state index contributed by atoms with van der Waals surface area (Å²) in [5, 5.41) is 0. The van der Waals surface area contributed by atoms with Gasteiger partial charge in [0.1, 0.15) is 0 Å². The maximum Gasteiger partial charge on any atom is 0.269 e. The molecule has 0 saturated carbocycles. The summed E-state index contributed by atoms with van der Waals surface area (Å²) < 4.78 is 0. The van der Waals surface area contributed by atoms with E-state index >= 15 is 0 Å². The molecule has 2 aromatic rings. The van der Waals surface area contributed by atoms with Gasteiger partial charge >= 0.3 is 0 Å². The van der Waals surface area contributed by atoms with Crippen molar-refractivity contribution >= 4 is 11.6 Å². The highest BCUT2D eigenvalue weighted by Crippen LogP contribution is 2.12. The molecule has 3 nitrogen and oxygen atoms in total. The van der Waals surface area contributed by atoms with Gasteiger partial charge in [-0.1, -0.05) is 67.4 Å². The monoisotopic (exact) mass is 294 g/mol. The van der Waals surface area contributed by atoms with E-state index in [-0.39, 0.29) is 5.91 Å². The third-order valence-electron chi connectivity index (χ3n) is 3.31. The smallest absolute Gasteiger partial charge is 0.269 e. The lowest BCUT2D eigenvalue weighted by atomic mass is 10.1. The normalized spacial score (nSPS) is 11.1. The van der Waals surface area contributed by atoms with E-state index in [1.807, 2.05) is 61.5 Å². The molecule has 0 aliphatic rings. The van der Waals surface area contributed by atoms with Gasteiger partial charge in [0.05, 0.1) is 5.70 Å². The van der Waals surface area contributed by atoms with Crippen LogP contribution in [0.1, 0.15) is 41.3 Å². The number of hydrogen-bond donors (Lipinski definition) is 2. The van der Waals surface area contributed by atoms with Crippen LogP contribution in [0, 0.1) is 6.92 Å². The Morgan fingerprint density at radius 3 is 2.41 bits per heavy atom. The Morgan fingerprint density at radius 2 is 1.73 bits per heavy atom. The van der Waals surface area contributed by atoms with Gasteiger partial charge in [-0.3, -0.25) is 15.6 Å². The molecule has 114 valence electrons. The van der Waals surface area contributed by atoms with Crippen LogP contribution in [-0.2, 0) is 0 Å². The molecule has 0 radical (unpaired) electrons. The zero-order valence-electron chi connectivity index (χ0n) is 13.1. The summed E-state index contributed by atoms with van der Waals surface area (Å²) in [4.78, 5) is 12.2. The summed E-state index contributed by atoms with van der Waals surface area (Å²) in [6.45, 7) is 4.10. The Balaban J connectivity index is 2.07. The molecular weight excluding hydrogens is 272 g/mol. The van der Waals surface area contributed by atoms with Gasteiger partial charge in [-0.25, -0.2) is 0 Å². The van der Waals surface area contributed by atoms with Crippen molar-refractivity contribution in [3.8, 4) is 0 Å². The number of hydrazine groups is 1. The summed E-state index contributed by atoms with van der Waals surface area (Å²) in [5.74, 6) is -0.137. The molecule has 0 atom stereocenters. The number of aryl methyl sites for hydroxylation is 1. The molecule has 0 heterocycles. The van der Waals surface area contributed by atoms with Gasteiger partial charge in [0, 0.05) is 5.56 Å². The largest absolute Gasteiger partial charge is 0.298 e.